The quantitative estimate of drug-likeness (QED) is 0.629. The van der Waals surface area contributed by atoms with Crippen LogP contribution in [0.4, 0.5) is 13.2 Å². The molecule has 2 aromatic rings. The van der Waals surface area contributed by atoms with Gasteiger partial charge in [0.15, 0.2) is 0 Å². The van der Waals surface area contributed by atoms with Crippen LogP contribution in [0.15, 0.2) is 48.5 Å². The van der Waals surface area contributed by atoms with Crippen LogP contribution >= 0.6 is 0 Å². The summed E-state index contributed by atoms with van der Waals surface area (Å²) < 4.78 is 38.3. The molecule has 1 atom stereocenters. The lowest BCUT2D eigenvalue weighted by Crippen LogP contribution is -2.21. The number of hydrogen-bond acceptors (Lipinski definition) is 1. The lowest BCUT2D eigenvalue weighted by atomic mass is 9.90. The van der Waals surface area contributed by atoms with Gasteiger partial charge >= 0.3 is 6.18 Å². The smallest absolute Gasteiger partial charge is 0.310 e. The fourth-order valence-corrected chi connectivity index (χ4v) is 3.50. The largest absolute Gasteiger partial charge is 0.416 e. The van der Waals surface area contributed by atoms with Crippen LogP contribution in [0.5, 0.6) is 0 Å². The lowest BCUT2D eigenvalue weighted by molar-refractivity contribution is -0.137. The van der Waals surface area contributed by atoms with E-state index < -0.39 is 11.7 Å². The van der Waals surface area contributed by atoms with Crippen molar-refractivity contribution in [2.75, 3.05) is 6.54 Å². The van der Waals surface area contributed by atoms with E-state index in [0.29, 0.717) is 6.42 Å². The maximum atomic E-state index is 12.8. The van der Waals surface area contributed by atoms with Gasteiger partial charge in [0, 0.05) is 6.04 Å². The molecule has 0 spiro atoms. The molecule has 0 aromatic heterocycles. The molecule has 0 radical (unpaired) electrons. The van der Waals surface area contributed by atoms with Crippen LogP contribution < -0.4 is 5.32 Å². The molecule has 1 aliphatic carbocycles. The highest BCUT2D eigenvalue weighted by Gasteiger charge is 2.30. The van der Waals surface area contributed by atoms with E-state index in [1.54, 1.807) is 6.07 Å². The zero-order chi connectivity index (χ0) is 18.6. The maximum Gasteiger partial charge on any atom is 0.416 e. The van der Waals surface area contributed by atoms with Gasteiger partial charge in [0.05, 0.1) is 5.56 Å². The number of halogens is 3. The first-order chi connectivity index (χ1) is 12.4. The molecule has 26 heavy (non-hydrogen) atoms. The molecule has 0 saturated carbocycles. The van der Waals surface area contributed by atoms with Crippen LogP contribution in [0, 0.1) is 0 Å². The fraction of sp³-hybridized carbons (Fsp3) is 0.364. The Balaban J connectivity index is 1.54. The molecule has 0 saturated heterocycles. The van der Waals surface area contributed by atoms with Crippen LogP contribution in [0.25, 0.3) is 6.08 Å². The van der Waals surface area contributed by atoms with Gasteiger partial charge in [-0.2, -0.15) is 13.2 Å². The van der Waals surface area contributed by atoms with Gasteiger partial charge in [-0.3, -0.25) is 0 Å². The van der Waals surface area contributed by atoms with E-state index in [4.69, 9.17) is 0 Å². The topological polar surface area (TPSA) is 12.0 Å². The van der Waals surface area contributed by atoms with Gasteiger partial charge in [-0.1, -0.05) is 48.6 Å². The number of nitrogens with one attached hydrogen (secondary N) is 1. The predicted octanol–water partition coefficient (Wildman–Crippen LogP) is 5.95. The van der Waals surface area contributed by atoms with Crippen molar-refractivity contribution in [3.8, 4) is 0 Å². The Morgan fingerprint density at radius 3 is 2.73 bits per heavy atom. The van der Waals surface area contributed by atoms with Crippen LogP contribution in [0.3, 0.4) is 0 Å². The van der Waals surface area contributed by atoms with Crippen molar-refractivity contribution in [1.82, 2.24) is 5.32 Å². The molecule has 1 N–H and O–H groups in total. The standard InChI is InChI=1S/C22H24F3N/c1-16(20-13-5-10-18-9-2-3-12-21(18)20)26-14-6-8-17-7-4-11-19(15-17)22(23,24)25/h3-5,7,10-13,15-16,26H,2,6,8-9,14H2,1H3/t16-/m0/s1. The minimum absolute atomic E-state index is 0.217. The third-order valence-corrected chi connectivity index (χ3v) is 4.91. The van der Waals surface area contributed by atoms with Crippen molar-refractivity contribution in [3.63, 3.8) is 0 Å². The van der Waals surface area contributed by atoms with E-state index in [1.165, 1.54) is 28.8 Å². The second-order valence-electron chi connectivity index (χ2n) is 6.84. The summed E-state index contributed by atoms with van der Waals surface area (Å²) in [5.41, 5.74) is 4.16. The Bertz CT molecular complexity index is 777. The molecule has 2 aromatic carbocycles. The molecule has 0 unspecified atom stereocenters. The van der Waals surface area contributed by atoms with Crippen LogP contribution in [0.1, 0.15) is 53.6 Å². The molecule has 0 heterocycles. The SMILES string of the molecule is C[C@H](NCCCc1cccc(C(F)(F)F)c1)c1cccc2c1C=CCC2. The van der Waals surface area contributed by atoms with Crippen LogP contribution in [-0.2, 0) is 19.0 Å². The molecule has 0 fully saturated rings. The third-order valence-electron chi connectivity index (χ3n) is 4.91. The number of fused-ring (bicyclic) bond motifs is 1. The number of aryl methyl sites for hydroxylation is 2. The van der Waals surface area contributed by atoms with Gasteiger partial charge in [0.1, 0.15) is 0 Å². The first kappa shape index (κ1) is 18.7. The van der Waals surface area contributed by atoms with Gasteiger partial charge in [0.2, 0.25) is 0 Å². The summed E-state index contributed by atoms with van der Waals surface area (Å²) in [6, 6.07) is 12.3. The Kier molecular flexibility index (Phi) is 5.82. The summed E-state index contributed by atoms with van der Waals surface area (Å²) >= 11 is 0. The number of benzene rings is 2. The van der Waals surface area contributed by atoms with E-state index in [2.05, 4.69) is 42.6 Å². The second kappa shape index (κ2) is 8.09. The van der Waals surface area contributed by atoms with Crippen molar-refractivity contribution >= 4 is 6.08 Å². The molecule has 138 valence electrons. The minimum Gasteiger partial charge on any atom is -0.310 e. The predicted molar refractivity (Wildman–Crippen MR) is 100.0 cm³/mol. The van der Waals surface area contributed by atoms with Crippen molar-refractivity contribution in [2.45, 2.75) is 44.8 Å². The van der Waals surface area contributed by atoms with Gasteiger partial charge in [-0.15, -0.1) is 0 Å². The summed E-state index contributed by atoms with van der Waals surface area (Å²) in [5, 5.41) is 3.51. The van der Waals surface area contributed by atoms with Crippen molar-refractivity contribution in [2.24, 2.45) is 0 Å². The summed E-state index contributed by atoms with van der Waals surface area (Å²) in [6.07, 6.45) is 3.76. The number of alkyl halides is 3. The second-order valence-corrected chi connectivity index (χ2v) is 6.84. The molecule has 0 amide bonds. The first-order valence-electron chi connectivity index (χ1n) is 9.13. The highest BCUT2D eigenvalue weighted by atomic mass is 19.4. The van der Waals surface area contributed by atoms with E-state index >= 15 is 0 Å². The molecule has 1 aliphatic rings. The first-order valence-corrected chi connectivity index (χ1v) is 9.13. The van der Waals surface area contributed by atoms with Gasteiger partial charge in [0.25, 0.3) is 0 Å². The number of rotatable bonds is 6. The molecule has 0 bridgehead atoms. The summed E-state index contributed by atoms with van der Waals surface area (Å²) in [7, 11) is 0. The summed E-state index contributed by atoms with van der Waals surface area (Å²) in [5.74, 6) is 0. The molecular weight excluding hydrogens is 335 g/mol. The average molecular weight is 359 g/mol. The Labute approximate surface area is 152 Å². The number of hydrogen-bond donors (Lipinski definition) is 1. The molecule has 0 aliphatic heterocycles. The van der Waals surface area contributed by atoms with Crippen LogP contribution in [-0.4, -0.2) is 6.54 Å². The monoisotopic (exact) mass is 359 g/mol. The minimum atomic E-state index is -4.28. The summed E-state index contributed by atoms with van der Waals surface area (Å²) in [6.45, 7) is 2.91. The van der Waals surface area contributed by atoms with Crippen molar-refractivity contribution in [1.29, 1.82) is 0 Å². The lowest BCUT2D eigenvalue weighted by Gasteiger charge is -2.21. The highest BCUT2D eigenvalue weighted by molar-refractivity contribution is 5.60. The Morgan fingerprint density at radius 1 is 1.12 bits per heavy atom. The van der Waals surface area contributed by atoms with E-state index in [1.807, 2.05) is 0 Å². The summed E-state index contributed by atoms with van der Waals surface area (Å²) in [4.78, 5) is 0. The van der Waals surface area contributed by atoms with Gasteiger partial charge < -0.3 is 5.32 Å². The molecule has 1 nitrogen and oxygen atoms in total. The molecule has 3 rings (SSSR count). The third kappa shape index (κ3) is 4.55. The maximum absolute atomic E-state index is 12.8. The highest BCUT2D eigenvalue weighted by Crippen LogP contribution is 2.30. The average Bonchev–Trinajstić information content (AvgIpc) is 2.64. The van der Waals surface area contributed by atoms with Gasteiger partial charge in [-0.05, 0) is 67.5 Å². The van der Waals surface area contributed by atoms with Gasteiger partial charge in [-0.25, -0.2) is 0 Å². The number of allylic oxidation sites excluding steroid dienone is 1. The van der Waals surface area contributed by atoms with E-state index in [0.717, 1.165) is 37.4 Å². The van der Waals surface area contributed by atoms with E-state index in [-0.39, 0.29) is 6.04 Å². The van der Waals surface area contributed by atoms with E-state index in [9.17, 15) is 13.2 Å². The zero-order valence-corrected chi connectivity index (χ0v) is 14.9. The molecular formula is C22H24F3N. The normalized spacial score (nSPS) is 14.9. The zero-order valence-electron chi connectivity index (χ0n) is 14.9. The van der Waals surface area contributed by atoms with Crippen LogP contribution in [0.2, 0.25) is 0 Å². The Morgan fingerprint density at radius 2 is 1.92 bits per heavy atom. The van der Waals surface area contributed by atoms with Crippen molar-refractivity contribution in [3.05, 3.63) is 76.4 Å². The Hall–Kier alpha value is -2.07. The molecule has 4 heteroatoms. The fourth-order valence-electron chi connectivity index (χ4n) is 3.50. The van der Waals surface area contributed by atoms with Crippen molar-refractivity contribution < 1.29 is 13.2 Å².